The van der Waals surface area contributed by atoms with Crippen molar-refractivity contribution in [1.82, 2.24) is 5.48 Å². The van der Waals surface area contributed by atoms with Gasteiger partial charge in [-0.3, -0.25) is 0 Å². The molecule has 0 radical (unpaired) electrons. The minimum Gasteiger partial charge on any atom is -0.496 e. The molecule has 1 aromatic rings. The molecular weight excluding hydrogens is 230 g/mol. The van der Waals surface area contributed by atoms with Gasteiger partial charge in [-0.15, -0.1) is 0 Å². The van der Waals surface area contributed by atoms with Gasteiger partial charge in [0.1, 0.15) is 5.75 Å². The average molecular weight is 251 g/mol. The van der Waals surface area contributed by atoms with Gasteiger partial charge in [-0.05, 0) is 30.4 Å². The number of rotatable bonds is 5. The fourth-order valence-electron chi connectivity index (χ4n) is 2.37. The third-order valence-corrected chi connectivity index (χ3v) is 3.40. The quantitative estimate of drug-likeness (QED) is 0.815. The largest absolute Gasteiger partial charge is 0.496 e. The fraction of sp³-hybridized carbons (Fsp3) is 0.571. The van der Waals surface area contributed by atoms with Crippen molar-refractivity contribution in [2.24, 2.45) is 0 Å². The molecule has 0 aliphatic carbocycles. The van der Waals surface area contributed by atoms with Gasteiger partial charge >= 0.3 is 0 Å². The Bertz CT molecular complexity index is 375. The summed E-state index contributed by atoms with van der Waals surface area (Å²) in [6.07, 6.45) is 2.20. The first kappa shape index (κ1) is 13.3. The highest BCUT2D eigenvalue weighted by molar-refractivity contribution is 5.38. The van der Waals surface area contributed by atoms with E-state index in [1.807, 2.05) is 6.07 Å². The lowest BCUT2D eigenvalue weighted by Crippen LogP contribution is -2.15. The molecule has 100 valence electrons. The molecule has 4 nitrogen and oxygen atoms in total. The first-order valence-corrected chi connectivity index (χ1v) is 6.35. The number of hydrogen-bond donors (Lipinski definition) is 1. The molecular formula is C14H21NO3. The van der Waals surface area contributed by atoms with E-state index in [1.165, 1.54) is 5.56 Å². The Morgan fingerprint density at radius 2 is 2.06 bits per heavy atom. The van der Waals surface area contributed by atoms with Crippen molar-refractivity contribution in [2.45, 2.75) is 25.3 Å². The van der Waals surface area contributed by atoms with Gasteiger partial charge < -0.3 is 14.3 Å². The molecule has 0 unspecified atom stereocenters. The first-order valence-electron chi connectivity index (χ1n) is 6.35. The van der Waals surface area contributed by atoms with Crippen LogP contribution in [0.5, 0.6) is 5.75 Å². The average Bonchev–Trinajstić information content (AvgIpc) is 2.45. The summed E-state index contributed by atoms with van der Waals surface area (Å²) >= 11 is 0. The molecule has 0 atom stereocenters. The number of ether oxygens (including phenoxy) is 2. The van der Waals surface area contributed by atoms with Crippen LogP contribution >= 0.6 is 0 Å². The summed E-state index contributed by atoms with van der Waals surface area (Å²) in [4.78, 5) is 4.91. The van der Waals surface area contributed by atoms with Crippen LogP contribution in [0.2, 0.25) is 0 Å². The normalized spacial score (nSPS) is 16.8. The van der Waals surface area contributed by atoms with E-state index in [9.17, 15) is 0 Å². The summed E-state index contributed by atoms with van der Waals surface area (Å²) in [5.41, 5.74) is 5.36. The van der Waals surface area contributed by atoms with Crippen molar-refractivity contribution in [3.05, 3.63) is 29.3 Å². The van der Waals surface area contributed by atoms with Crippen molar-refractivity contribution >= 4 is 0 Å². The SMILES string of the molecule is CONCc1cc(C2CCOCC2)ccc1OC. The van der Waals surface area contributed by atoms with Gasteiger partial charge in [0.15, 0.2) is 0 Å². The van der Waals surface area contributed by atoms with Crippen molar-refractivity contribution in [3.8, 4) is 5.75 Å². The van der Waals surface area contributed by atoms with Crippen LogP contribution in [0, 0.1) is 0 Å². The summed E-state index contributed by atoms with van der Waals surface area (Å²) in [7, 11) is 3.31. The van der Waals surface area contributed by atoms with Crippen LogP contribution in [0.1, 0.15) is 29.9 Å². The number of hydrogen-bond acceptors (Lipinski definition) is 4. The molecule has 1 heterocycles. The van der Waals surface area contributed by atoms with Gasteiger partial charge in [0.2, 0.25) is 0 Å². The Hall–Kier alpha value is -1.10. The van der Waals surface area contributed by atoms with Crippen LogP contribution in [0.25, 0.3) is 0 Å². The maximum atomic E-state index is 5.40. The summed E-state index contributed by atoms with van der Waals surface area (Å²) in [5.74, 6) is 1.50. The predicted octanol–water partition coefficient (Wildman–Crippen LogP) is 2.24. The van der Waals surface area contributed by atoms with E-state index in [0.29, 0.717) is 12.5 Å². The van der Waals surface area contributed by atoms with E-state index in [4.69, 9.17) is 14.3 Å². The lowest BCUT2D eigenvalue weighted by molar-refractivity contribution is 0.0842. The van der Waals surface area contributed by atoms with Gasteiger partial charge in [0, 0.05) is 25.3 Å². The zero-order chi connectivity index (χ0) is 12.8. The second-order valence-electron chi connectivity index (χ2n) is 4.48. The number of methoxy groups -OCH3 is 1. The van der Waals surface area contributed by atoms with E-state index < -0.39 is 0 Å². The molecule has 0 aromatic heterocycles. The maximum Gasteiger partial charge on any atom is 0.123 e. The van der Waals surface area contributed by atoms with Gasteiger partial charge in [-0.2, -0.15) is 5.48 Å². The summed E-state index contributed by atoms with van der Waals surface area (Å²) in [5, 5.41) is 0. The standard InChI is InChI=1S/C14H21NO3/c1-16-14-4-3-12(9-13(14)10-15-17-2)11-5-7-18-8-6-11/h3-4,9,11,15H,5-8,10H2,1-2H3. The van der Waals surface area contributed by atoms with Crippen molar-refractivity contribution < 1.29 is 14.3 Å². The van der Waals surface area contributed by atoms with Crippen LogP contribution in [-0.2, 0) is 16.1 Å². The van der Waals surface area contributed by atoms with Crippen LogP contribution in [0.3, 0.4) is 0 Å². The number of nitrogens with one attached hydrogen (secondary N) is 1. The van der Waals surface area contributed by atoms with Gasteiger partial charge in [0.05, 0.1) is 14.2 Å². The smallest absolute Gasteiger partial charge is 0.123 e. The lowest BCUT2D eigenvalue weighted by atomic mass is 9.90. The van der Waals surface area contributed by atoms with E-state index in [-0.39, 0.29) is 0 Å². The zero-order valence-electron chi connectivity index (χ0n) is 11.1. The molecule has 0 bridgehead atoms. The minimum absolute atomic E-state index is 0.603. The molecule has 0 amide bonds. The summed E-state index contributed by atoms with van der Waals surface area (Å²) in [6, 6.07) is 6.41. The molecule has 1 aliphatic heterocycles. The molecule has 1 aromatic carbocycles. The summed E-state index contributed by atoms with van der Waals surface area (Å²) in [6.45, 7) is 2.38. The summed E-state index contributed by atoms with van der Waals surface area (Å²) < 4.78 is 10.8. The minimum atomic E-state index is 0.603. The van der Waals surface area contributed by atoms with E-state index in [2.05, 4.69) is 17.6 Å². The molecule has 1 saturated heterocycles. The topological polar surface area (TPSA) is 39.7 Å². The highest BCUT2D eigenvalue weighted by Crippen LogP contribution is 2.30. The van der Waals surface area contributed by atoms with Crippen LogP contribution in [-0.4, -0.2) is 27.4 Å². The molecule has 1 aliphatic rings. The van der Waals surface area contributed by atoms with Crippen LogP contribution in [0.15, 0.2) is 18.2 Å². The van der Waals surface area contributed by atoms with Gasteiger partial charge in [-0.1, -0.05) is 12.1 Å². The van der Waals surface area contributed by atoms with Crippen LogP contribution in [0.4, 0.5) is 0 Å². The number of benzene rings is 1. The highest BCUT2D eigenvalue weighted by Gasteiger charge is 2.17. The van der Waals surface area contributed by atoms with E-state index >= 15 is 0 Å². The van der Waals surface area contributed by atoms with Crippen molar-refractivity contribution in [3.63, 3.8) is 0 Å². The van der Waals surface area contributed by atoms with E-state index in [0.717, 1.165) is 37.4 Å². The molecule has 2 rings (SSSR count). The highest BCUT2D eigenvalue weighted by atomic mass is 16.6. The fourth-order valence-corrected chi connectivity index (χ4v) is 2.37. The second-order valence-corrected chi connectivity index (χ2v) is 4.48. The monoisotopic (exact) mass is 251 g/mol. The Balaban J connectivity index is 2.15. The third kappa shape index (κ3) is 3.22. The Labute approximate surface area is 108 Å². The van der Waals surface area contributed by atoms with Crippen molar-refractivity contribution in [2.75, 3.05) is 27.4 Å². The molecule has 0 spiro atoms. The Kier molecular flexibility index (Phi) is 4.99. The molecule has 0 saturated carbocycles. The van der Waals surface area contributed by atoms with E-state index in [1.54, 1.807) is 14.2 Å². The zero-order valence-corrected chi connectivity index (χ0v) is 11.1. The van der Waals surface area contributed by atoms with Crippen molar-refractivity contribution in [1.29, 1.82) is 0 Å². The van der Waals surface area contributed by atoms with Gasteiger partial charge in [-0.25, -0.2) is 0 Å². The third-order valence-electron chi connectivity index (χ3n) is 3.40. The Morgan fingerprint density at radius 3 is 2.72 bits per heavy atom. The molecule has 1 fully saturated rings. The van der Waals surface area contributed by atoms with Gasteiger partial charge in [0.25, 0.3) is 0 Å². The Morgan fingerprint density at radius 1 is 1.28 bits per heavy atom. The molecule has 18 heavy (non-hydrogen) atoms. The molecule has 1 N–H and O–H groups in total. The number of hydroxylamine groups is 1. The maximum absolute atomic E-state index is 5.40. The lowest BCUT2D eigenvalue weighted by Gasteiger charge is -2.23. The van der Waals surface area contributed by atoms with Crippen LogP contribution < -0.4 is 10.2 Å². The first-order chi connectivity index (χ1) is 8.85. The second kappa shape index (κ2) is 6.73. The predicted molar refractivity (Wildman–Crippen MR) is 69.6 cm³/mol. The molecule has 4 heteroatoms.